The molecular formula is C31H38N2O5S. The Hall–Kier alpha value is -3.13. The average Bonchev–Trinajstić information content (AvgIpc) is 3.43. The molecular weight excluding hydrogens is 512 g/mol. The van der Waals surface area contributed by atoms with Crippen LogP contribution in [-0.2, 0) is 21.8 Å². The van der Waals surface area contributed by atoms with Crippen molar-refractivity contribution in [3.63, 3.8) is 0 Å². The van der Waals surface area contributed by atoms with Crippen molar-refractivity contribution in [2.75, 3.05) is 18.6 Å². The molecule has 1 unspecified atom stereocenters. The molecule has 208 valence electrons. The third-order valence-electron chi connectivity index (χ3n) is 8.90. The second-order valence-electron chi connectivity index (χ2n) is 11.8. The lowest BCUT2D eigenvalue weighted by Gasteiger charge is -2.43. The molecule has 1 amide bonds. The molecule has 0 saturated carbocycles. The molecule has 0 spiro atoms. The number of hydrogen-bond donors (Lipinski definition) is 1. The van der Waals surface area contributed by atoms with Crippen LogP contribution in [0.15, 0.2) is 42.5 Å². The van der Waals surface area contributed by atoms with Crippen LogP contribution in [0.1, 0.15) is 85.4 Å². The molecule has 0 radical (unpaired) electrons. The summed E-state index contributed by atoms with van der Waals surface area (Å²) in [6.07, 6.45) is 2.72. The predicted molar refractivity (Wildman–Crippen MR) is 154 cm³/mol. The smallest absolute Gasteiger partial charge is 0.251 e. The molecule has 7 nitrogen and oxygen atoms in total. The van der Waals surface area contributed by atoms with E-state index in [1.807, 2.05) is 36.4 Å². The zero-order valence-electron chi connectivity index (χ0n) is 23.5. The largest absolute Gasteiger partial charge is 0.497 e. The highest BCUT2D eigenvalue weighted by molar-refractivity contribution is 7.91. The van der Waals surface area contributed by atoms with Gasteiger partial charge in [0.05, 0.1) is 24.3 Å². The van der Waals surface area contributed by atoms with Crippen molar-refractivity contribution in [1.29, 1.82) is 0 Å². The Balaban J connectivity index is 1.65. The standard InChI is InChI=1S/C31H38N2O5S/c1-6-31(7-2)19-30(3,4)26-24-16-21(29(35)32-22-14-15-39(36,37)18-22)10-13-25(24)33(27(26)28(31)34)17-20-8-11-23(38-5)12-9-20/h8-13,16,22H,6-7,14-15,17-19H2,1-5H3,(H,32,35). The maximum absolute atomic E-state index is 14.3. The number of benzene rings is 2. The normalized spacial score (nSPS) is 21.1. The minimum Gasteiger partial charge on any atom is -0.497 e. The first kappa shape index (κ1) is 27.4. The van der Waals surface area contributed by atoms with Gasteiger partial charge in [0.2, 0.25) is 0 Å². The summed E-state index contributed by atoms with van der Waals surface area (Å²) < 4.78 is 31.2. The number of nitrogens with zero attached hydrogens (tertiary/aromatic N) is 1. The van der Waals surface area contributed by atoms with Crippen LogP contribution in [0, 0.1) is 5.41 Å². The fourth-order valence-corrected chi connectivity index (χ4v) is 8.43. The molecule has 1 aliphatic carbocycles. The van der Waals surface area contributed by atoms with Crippen LogP contribution in [0.25, 0.3) is 10.9 Å². The molecule has 2 aromatic carbocycles. The second-order valence-corrected chi connectivity index (χ2v) is 14.1. The maximum Gasteiger partial charge on any atom is 0.251 e. The monoisotopic (exact) mass is 550 g/mol. The van der Waals surface area contributed by atoms with Crippen LogP contribution in [0.5, 0.6) is 5.75 Å². The van der Waals surface area contributed by atoms with Crippen molar-refractivity contribution in [3.8, 4) is 5.75 Å². The summed E-state index contributed by atoms with van der Waals surface area (Å²) in [7, 11) is -1.46. The van der Waals surface area contributed by atoms with E-state index >= 15 is 0 Å². The quantitative estimate of drug-likeness (QED) is 0.432. The topological polar surface area (TPSA) is 94.5 Å². The van der Waals surface area contributed by atoms with Gasteiger partial charge in [-0.25, -0.2) is 8.42 Å². The number of carbonyl (C=O) groups excluding carboxylic acids is 2. The lowest BCUT2D eigenvalue weighted by Crippen LogP contribution is -2.43. The van der Waals surface area contributed by atoms with E-state index < -0.39 is 15.3 Å². The average molecular weight is 551 g/mol. The maximum atomic E-state index is 14.3. The van der Waals surface area contributed by atoms with Crippen LogP contribution in [0.4, 0.5) is 0 Å². The second kappa shape index (κ2) is 9.81. The van der Waals surface area contributed by atoms with Crippen molar-refractivity contribution in [2.45, 2.75) is 71.4 Å². The van der Waals surface area contributed by atoms with E-state index in [4.69, 9.17) is 4.74 Å². The zero-order valence-corrected chi connectivity index (χ0v) is 24.3. The number of methoxy groups -OCH3 is 1. The van der Waals surface area contributed by atoms with Crippen LogP contribution in [0.3, 0.4) is 0 Å². The van der Waals surface area contributed by atoms with Crippen molar-refractivity contribution in [2.24, 2.45) is 5.41 Å². The predicted octanol–water partition coefficient (Wildman–Crippen LogP) is 5.29. The summed E-state index contributed by atoms with van der Waals surface area (Å²) in [4.78, 5) is 27.5. The number of aromatic nitrogens is 1. The molecule has 8 heteroatoms. The molecule has 2 heterocycles. The molecule has 1 saturated heterocycles. The van der Waals surface area contributed by atoms with Gasteiger partial charge in [0.25, 0.3) is 5.91 Å². The molecule has 2 aliphatic rings. The van der Waals surface area contributed by atoms with Crippen LogP contribution >= 0.6 is 0 Å². The highest BCUT2D eigenvalue weighted by Gasteiger charge is 2.50. The van der Waals surface area contributed by atoms with E-state index in [2.05, 4.69) is 37.6 Å². The number of nitrogens with one attached hydrogen (secondary N) is 1. The molecule has 5 rings (SSSR count). The number of hydrogen-bond acceptors (Lipinski definition) is 5. The van der Waals surface area contributed by atoms with Gasteiger partial charge in [0, 0.05) is 34.5 Å². The van der Waals surface area contributed by atoms with E-state index in [9.17, 15) is 18.0 Å². The fourth-order valence-electron chi connectivity index (χ4n) is 6.76. The van der Waals surface area contributed by atoms with Crippen LogP contribution in [0.2, 0.25) is 0 Å². The molecule has 39 heavy (non-hydrogen) atoms. The fraction of sp³-hybridized carbons (Fsp3) is 0.484. The Morgan fingerprint density at radius 1 is 1.10 bits per heavy atom. The van der Waals surface area contributed by atoms with Gasteiger partial charge in [-0.05, 0) is 72.6 Å². The number of sulfone groups is 1. The highest BCUT2D eigenvalue weighted by Crippen LogP contribution is 2.52. The lowest BCUT2D eigenvalue weighted by molar-refractivity contribution is 0.0664. The third-order valence-corrected chi connectivity index (χ3v) is 10.7. The van der Waals surface area contributed by atoms with Crippen molar-refractivity contribution >= 4 is 32.4 Å². The minimum atomic E-state index is -3.10. The van der Waals surface area contributed by atoms with Gasteiger partial charge in [-0.2, -0.15) is 0 Å². The Morgan fingerprint density at radius 3 is 2.38 bits per heavy atom. The van der Waals surface area contributed by atoms with Crippen molar-refractivity contribution in [1.82, 2.24) is 9.88 Å². The summed E-state index contributed by atoms with van der Waals surface area (Å²) in [5, 5.41) is 3.82. The van der Waals surface area contributed by atoms with E-state index in [0.29, 0.717) is 18.5 Å². The SMILES string of the molecule is CCC1(CC)CC(C)(C)c2c(n(Cc3ccc(OC)cc3)c3ccc(C(=O)NC4CCS(=O)(=O)C4)cc23)C1=O. The summed E-state index contributed by atoms with van der Waals surface area (Å²) in [6, 6.07) is 13.1. The Morgan fingerprint density at radius 2 is 1.79 bits per heavy atom. The molecule has 1 atom stereocenters. The summed E-state index contributed by atoms with van der Waals surface area (Å²) >= 11 is 0. The van der Waals surface area contributed by atoms with Crippen molar-refractivity contribution in [3.05, 3.63) is 64.8 Å². The van der Waals surface area contributed by atoms with Gasteiger partial charge in [0.15, 0.2) is 15.6 Å². The van der Waals surface area contributed by atoms with Gasteiger partial charge < -0.3 is 14.6 Å². The van der Waals surface area contributed by atoms with E-state index in [-0.39, 0.29) is 34.7 Å². The van der Waals surface area contributed by atoms with E-state index in [1.54, 1.807) is 13.2 Å². The number of rotatable bonds is 7. The van der Waals surface area contributed by atoms with Crippen LogP contribution < -0.4 is 10.1 Å². The lowest BCUT2D eigenvalue weighted by atomic mass is 9.59. The van der Waals surface area contributed by atoms with Gasteiger partial charge in [0.1, 0.15) is 5.75 Å². The van der Waals surface area contributed by atoms with E-state index in [1.165, 1.54) is 0 Å². The number of ketones is 1. The highest BCUT2D eigenvalue weighted by atomic mass is 32.2. The molecule has 1 aliphatic heterocycles. The molecule has 0 bridgehead atoms. The molecule has 1 aromatic heterocycles. The van der Waals surface area contributed by atoms with Crippen molar-refractivity contribution < 1.29 is 22.7 Å². The van der Waals surface area contributed by atoms with Gasteiger partial charge >= 0.3 is 0 Å². The zero-order chi connectivity index (χ0) is 28.2. The number of Topliss-reactive ketones (excluding diaryl/α,β-unsaturated/α-hetero) is 1. The van der Waals surface area contributed by atoms with E-state index in [0.717, 1.165) is 52.7 Å². The first-order valence-electron chi connectivity index (χ1n) is 13.8. The summed E-state index contributed by atoms with van der Waals surface area (Å²) in [6.45, 7) is 9.12. The first-order valence-corrected chi connectivity index (χ1v) is 15.6. The van der Waals surface area contributed by atoms with Gasteiger partial charge in [-0.15, -0.1) is 0 Å². The molecule has 1 N–H and O–H groups in total. The molecule has 1 fully saturated rings. The number of ether oxygens (including phenoxy) is 1. The number of carbonyl (C=O) groups is 2. The Kier molecular flexibility index (Phi) is 6.90. The first-order chi connectivity index (χ1) is 18.4. The Bertz CT molecular complexity index is 1550. The number of fused-ring (bicyclic) bond motifs is 3. The summed E-state index contributed by atoms with van der Waals surface area (Å²) in [5.74, 6) is 0.746. The minimum absolute atomic E-state index is 0.0216. The number of amides is 1. The third kappa shape index (κ3) is 4.77. The van der Waals surface area contributed by atoms with Gasteiger partial charge in [-0.1, -0.05) is 39.8 Å². The van der Waals surface area contributed by atoms with Crippen LogP contribution in [-0.4, -0.2) is 49.3 Å². The Labute approximate surface area is 230 Å². The van der Waals surface area contributed by atoms with Gasteiger partial charge in [-0.3, -0.25) is 9.59 Å². The molecule has 3 aromatic rings. The summed E-state index contributed by atoms with van der Waals surface area (Å²) in [5.41, 5.74) is 3.45.